The maximum Gasteiger partial charge on any atom is 0.243 e. The number of sulfonamides is 1. The zero-order chi connectivity index (χ0) is 20.0. The van der Waals surface area contributed by atoms with E-state index in [0.717, 1.165) is 11.1 Å². The Morgan fingerprint density at radius 1 is 1.07 bits per heavy atom. The molecule has 0 fully saturated rings. The minimum absolute atomic E-state index is 0.116. The van der Waals surface area contributed by atoms with Crippen LogP contribution in [0.4, 0.5) is 5.69 Å². The van der Waals surface area contributed by atoms with Gasteiger partial charge in [0.05, 0.1) is 4.90 Å². The van der Waals surface area contributed by atoms with Gasteiger partial charge in [-0.1, -0.05) is 43.6 Å². The van der Waals surface area contributed by atoms with E-state index in [1.54, 1.807) is 30.3 Å². The van der Waals surface area contributed by atoms with Crippen molar-refractivity contribution in [2.75, 3.05) is 18.4 Å². The fourth-order valence-electron chi connectivity index (χ4n) is 2.69. The molecule has 0 saturated heterocycles. The number of carbonyl (C=O) groups is 1. The van der Waals surface area contributed by atoms with Gasteiger partial charge in [-0.15, -0.1) is 0 Å². The SMILES string of the molecule is CCN(CC)S(=O)(=O)c1ccc(CCC(=O)Nc2ccc(C)c(Cl)c2)cc1. The Bertz CT molecular complexity index is 892. The molecule has 1 N–H and O–H groups in total. The highest BCUT2D eigenvalue weighted by Gasteiger charge is 2.21. The molecular formula is C20H25ClN2O3S. The molecule has 0 bridgehead atoms. The third-order valence-corrected chi connectivity index (χ3v) is 6.83. The van der Waals surface area contributed by atoms with Crippen molar-refractivity contribution in [1.29, 1.82) is 0 Å². The van der Waals surface area contributed by atoms with Crippen LogP contribution in [0, 0.1) is 6.92 Å². The molecule has 0 aliphatic carbocycles. The van der Waals surface area contributed by atoms with E-state index in [4.69, 9.17) is 11.6 Å². The lowest BCUT2D eigenvalue weighted by molar-refractivity contribution is -0.116. The summed E-state index contributed by atoms with van der Waals surface area (Å²) < 4.78 is 26.4. The molecule has 0 aliphatic rings. The minimum atomic E-state index is -3.46. The van der Waals surface area contributed by atoms with Crippen LogP contribution in [-0.4, -0.2) is 31.7 Å². The summed E-state index contributed by atoms with van der Waals surface area (Å²) in [4.78, 5) is 12.4. The summed E-state index contributed by atoms with van der Waals surface area (Å²) >= 11 is 6.06. The molecule has 5 nitrogen and oxygen atoms in total. The number of carbonyl (C=O) groups excluding carboxylic acids is 1. The summed E-state index contributed by atoms with van der Waals surface area (Å²) in [5, 5.41) is 3.43. The highest BCUT2D eigenvalue weighted by Crippen LogP contribution is 2.20. The topological polar surface area (TPSA) is 66.5 Å². The van der Waals surface area contributed by atoms with Crippen LogP contribution in [-0.2, 0) is 21.2 Å². The Labute approximate surface area is 166 Å². The van der Waals surface area contributed by atoms with Crippen LogP contribution in [0.1, 0.15) is 31.4 Å². The standard InChI is InChI=1S/C20H25ClN2O3S/c1-4-23(5-2)27(25,26)18-11-7-16(8-12-18)9-13-20(24)22-17-10-6-15(3)19(21)14-17/h6-8,10-12,14H,4-5,9,13H2,1-3H3,(H,22,24). The van der Waals surface area contributed by atoms with E-state index in [1.807, 2.05) is 32.9 Å². The van der Waals surface area contributed by atoms with Gasteiger partial charge in [-0.2, -0.15) is 4.31 Å². The molecule has 27 heavy (non-hydrogen) atoms. The molecule has 2 aromatic carbocycles. The molecule has 0 aliphatic heterocycles. The monoisotopic (exact) mass is 408 g/mol. The van der Waals surface area contributed by atoms with Crippen LogP contribution in [0.2, 0.25) is 5.02 Å². The quantitative estimate of drug-likeness (QED) is 0.710. The first-order chi connectivity index (χ1) is 12.8. The number of nitrogens with zero attached hydrogens (tertiary/aromatic N) is 1. The summed E-state index contributed by atoms with van der Waals surface area (Å²) in [7, 11) is -3.46. The van der Waals surface area contributed by atoms with E-state index < -0.39 is 10.0 Å². The van der Waals surface area contributed by atoms with Gasteiger partial charge in [-0.3, -0.25) is 4.79 Å². The first kappa shape index (κ1) is 21.4. The summed E-state index contributed by atoms with van der Waals surface area (Å²) in [6, 6.07) is 12.1. The fourth-order valence-corrected chi connectivity index (χ4v) is 4.33. The van der Waals surface area contributed by atoms with Gasteiger partial charge < -0.3 is 5.32 Å². The third kappa shape index (κ3) is 5.54. The van der Waals surface area contributed by atoms with E-state index in [9.17, 15) is 13.2 Å². The molecule has 0 aromatic heterocycles. The number of amides is 1. The number of anilines is 1. The molecule has 0 unspecified atom stereocenters. The van der Waals surface area contributed by atoms with Gasteiger partial charge >= 0.3 is 0 Å². The predicted molar refractivity (Wildman–Crippen MR) is 110 cm³/mol. The normalized spacial score (nSPS) is 11.6. The van der Waals surface area contributed by atoms with Crippen molar-refractivity contribution in [3.8, 4) is 0 Å². The largest absolute Gasteiger partial charge is 0.326 e. The summed E-state index contributed by atoms with van der Waals surface area (Å²) in [5.74, 6) is -0.116. The Hall–Kier alpha value is -1.89. The number of halogens is 1. The smallest absolute Gasteiger partial charge is 0.243 e. The third-order valence-electron chi connectivity index (χ3n) is 4.36. The lowest BCUT2D eigenvalue weighted by Crippen LogP contribution is -2.30. The molecule has 0 radical (unpaired) electrons. The van der Waals surface area contributed by atoms with E-state index in [-0.39, 0.29) is 10.8 Å². The average Bonchev–Trinajstić information content (AvgIpc) is 2.64. The first-order valence-electron chi connectivity index (χ1n) is 8.93. The van der Waals surface area contributed by atoms with Crippen molar-refractivity contribution < 1.29 is 13.2 Å². The van der Waals surface area contributed by atoms with Gasteiger partial charge in [0.25, 0.3) is 0 Å². The molecule has 0 spiro atoms. The van der Waals surface area contributed by atoms with Crippen LogP contribution >= 0.6 is 11.6 Å². The fraction of sp³-hybridized carbons (Fsp3) is 0.350. The van der Waals surface area contributed by atoms with Gasteiger partial charge in [0.2, 0.25) is 15.9 Å². The van der Waals surface area contributed by atoms with E-state index in [0.29, 0.717) is 36.6 Å². The zero-order valence-corrected chi connectivity index (χ0v) is 17.4. The Kier molecular flexibility index (Phi) is 7.41. The molecule has 2 rings (SSSR count). The first-order valence-corrected chi connectivity index (χ1v) is 10.7. The van der Waals surface area contributed by atoms with Crippen molar-refractivity contribution in [1.82, 2.24) is 4.31 Å². The van der Waals surface area contributed by atoms with Crippen molar-refractivity contribution in [2.24, 2.45) is 0 Å². The molecule has 0 heterocycles. The second-order valence-corrected chi connectivity index (χ2v) is 8.59. The Balaban J connectivity index is 1.96. The number of aryl methyl sites for hydroxylation is 2. The molecule has 7 heteroatoms. The number of hydrogen-bond donors (Lipinski definition) is 1. The Morgan fingerprint density at radius 2 is 1.70 bits per heavy atom. The van der Waals surface area contributed by atoms with E-state index in [2.05, 4.69) is 5.32 Å². The maximum atomic E-state index is 12.5. The molecule has 1 amide bonds. The van der Waals surface area contributed by atoms with Crippen LogP contribution in [0.3, 0.4) is 0 Å². The number of benzene rings is 2. The molecule has 0 atom stereocenters. The predicted octanol–water partition coefficient (Wildman–Crippen LogP) is 4.25. The maximum absolute atomic E-state index is 12.5. The van der Waals surface area contributed by atoms with Crippen LogP contribution in [0.15, 0.2) is 47.4 Å². The number of rotatable bonds is 8. The molecule has 146 valence electrons. The Morgan fingerprint density at radius 3 is 2.26 bits per heavy atom. The van der Waals surface area contributed by atoms with Crippen LogP contribution in [0.25, 0.3) is 0 Å². The summed E-state index contributed by atoms with van der Waals surface area (Å²) in [6.45, 7) is 6.40. The average molecular weight is 409 g/mol. The lowest BCUT2D eigenvalue weighted by atomic mass is 10.1. The number of hydrogen-bond acceptors (Lipinski definition) is 3. The highest BCUT2D eigenvalue weighted by molar-refractivity contribution is 7.89. The zero-order valence-electron chi connectivity index (χ0n) is 15.8. The van der Waals surface area contributed by atoms with E-state index >= 15 is 0 Å². The van der Waals surface area contributed by atoms with Gasteiger partial charge in [0, 0.05) is 30.2 Å². The second-order valence-electron chi connectivity index (χ2n) is 6.25. The van der Waals surface area contributed by atoms with Crippen LogP contribution < -0.4 is 5.32 Å². The van der Waals surface area contributed by atoms with Gasteiger partial charge in [0.1, 0.15) is 0 Å². The van der Waals surface area contributed by atoms with Crippen molar-refractivity contribution in [2.45, 2.75) is 38.5 Å². The van der Waals surface area contributed by atoms with Gasteiger partial charge in [0.15, 0.2) is 0 Å². The lowest BCUT2D eigenvalue weighted by Gasteiger charge is -2.18. The van der Waals surface area contributed by atoms with E-state index in [1.165, 1.54) is 4.31 Å². The van der Waals surface area contributed by atoms with Crippen LogP contribution in [0.5, 0.6) is 0 Å². The highest BCUT2D eigenvalue weighted by atomic mass is 35.5. The number of nitrogens with one attached hydrogen (secondary N) is 1. The summed E-state index contributed by atoms with van der Waals surface area (Å²) in [5.41, 5.74) is 2.52. The molecule has 2 aromatic rings. The molecular weight excluding hydrogens is 384 g/mol. The minimum Gasteiger partial charge on any atom is -0.326 e. The van der Waals surface area contributed by atoms with Crippen molar-refractivity contribution in [3.63, 3.8) is 0 Å². The van der Waals surface area contributed by atoms with Gasteiger partial charge in [-0.05, 0) is 48.7 Å². The second kappa shape index (κ2) is 9.35. The van der Waals surface area contributed by atoms with Crippen molar-refractivity contribution in [3.05, 3.63) is 58.6 Å². The summed E-state index contributed by atoms with van der Waals surface area (Å²) in [6.07, 6.45) is 0.824. The van der Waals surface area contributed by atoms with Crippen molar-refractivity contribution >= 4 is 33.2 Å². The van der Waals surface area contributed by atoms with Gasteiger partial charge in [-0.25, -0.2) is 8.42 Å². The molecule has 0 saturated carbocycles.